The monoisotopic (exact) mass is 284 g/mol. The Balaban J connectivity index is 3.19. The second kappa shape index (κ2) is 13.4. The maximum absolute atomic E-state index is 11.6. The SMILES string of the molecule is CC(C)CCCNC(=O)CCCCCCCNC(C)C. The fraction of sp³-hybridized carbons (Fsp3) is 0.941. The van der Waals surface area contributed by atoms with Crippen LogP contribution in [0.25, 0.3) is 0 Å². The first-order valence-corrected chi connectivity index (χ1v) is 8.52. The first kappa shape index (κ1) is 19.4. The van der Waals surface area contributed by atoms with Crippen LogP contribution in [0.4, 0.5) is 0 Å². The molecule has 3 heteroatoms. The molecule has 0 aromatic carbocycles. The van der Waals surface area contributed by atoms with Crippen LogP contribution in [0.5, 0.6) is 0 Å². The van der Waals surface area contributed by atoms with Crippen LogP contribution in [-0.4, -0.2) is 25.0 Å². The molecule has 0 rings (SSSR count). The van der Waals surface area contributed by atoms with Crippen molar-refractivity contribution in [3.63, 3.8) is 0 Å². The molecule has 1 amide bonds. The summed E-state index contributed by atoms with van der Waals surface area (Å²) in [5.74, 6) is 0.965. The summed E-state index contributed by atoms with van der Waals surface area (Å²) in [6.07, 6.45) is 8.99. The number of carbonyl (C=O) groups is 1. The van der Waals surface area contributed by atoms with Gasteiger partial charge in [0.1, 0.15) is 0 Å². The van der Waals surface area contributed by atoms with E-state index in [0.717, 1.165) is 31.8 Å². The summed E-state index contributed by atoms with van der Waals surface area (Å²) in [6, 6.07) is 0.592. The van der Waals surface area contributed by atoms with Crippen molar-refractivity contribution in [3.8, 4) is 0 Å². The van der Waals surface area contributed by atoms with E-state index in [0.29, 0.717) is 12.5 Å². The van der Waals surface area contributed by atoms with Crippen molar-refractivity contribution < 1.29 is 4.79 Å². The molecular weight excluding hydrogens is 248 g/mol. The first-order valence-electron chi connectivity index (χ1n) is 8.52. The van der Waals surface area contributed by atoms with Crippen molar-refractivity contribution in [2.45, 2.75) is 85.1 Å². The quantitative estimate of drug-likeness (QED) is 0.504. The smallest absolute Gasteiger partial charge is 0.219 e. The van der Waals surface area contributed by atoms with Crippen LogP contribution in [0.1, 0.15) is 79.1 Å². The molecule has 0 aromatic rings. The minimum atomic E-state index is 0.232. The van der Waals surface area contributed by atoms with Gasteiger partial charge in [0.2, 0.25) is 5.91 Å². The molecule has 0 aliphatic carbocycles. The van der Waals surface area contributed by atoms with Gasteiger partial charge in [0, 0.05) is 19.0 Å². The highest BCUT2D eigenvalue weighted by Crippen LogP contribution is 2.05. The van der Waals surface area contributed by atoms with Crippen LogP contribution in [0.3, 0.4) is 0 Å². The molecule has 0 bridgehead atoms. The Hall–Kier alpha value is -0.570. The van der Waals surface area contributed by atoms with Crippen LogP contribution in [0, 0.1) is 5.92 Å². The maximum atomic E-state index is 11.6. The normalized spacial score (nSPS) is 11.3. The third kappa shape index (κ3) is 15.5. The molecule has 20 heavy (non-hydrogen) atoms. The van der Waals surface area contributed by atoms with Crippen molar-refractivity contribution >= 4 is 5.91 Å². The summed E-state index contributed by atoms with van der Waals surface area (Å²) in [6.45, 7) is 10.8. The van der Waals surface area contributed by atoms with Crippen molar-refractivity contribution in [3.05, 3.63) is 0 Å². The van der Waals surface area contributed by atoms with Crippen molar-refractivity contribution in [2.24, 2.45) is 5.92 Å². The van der Waals surface area contributed by atoms with Crippen molar-refractivity contribution in [1.82, 2.24) is 10.6 Å². The lowest BCUT2D eigenvalue weighted by Gasteiger charge is -2.08. The fourth-order valence-electron chi connectivity index (χ4n) is 2.16. The molecule has 0 fully saturated rings. The molecule has 0 heterocycles. The lowest BCUT2D eigenvalue weighted by Crippen LogP contribution is -2.24. The van der Waals surface area contributed by atoms with E-state index in [9.17, 15) is 4.79 Å². The second-order valence-corrected chi connectivity index (χ2v) is 6.51. The van der Waals surface area contributed by atoms with Gasteiger partial charge in [-0.3, -0.25) is 4.79 Å². The number of unbranched alkanes of at least 4 members (excludes halogenated alkanes) is 4. The molecule has 0 saturated carbocycles. The summed E-state index contributed by atoms with van der Waals surface area (Å²) in [4.78, 5) is 11.6. The van der Waals surface area contributed by atoms with Gasteiger partial charge in [-0.1, -0.05) is 47.0 Å². The molecule has 0 aliphatic rings. The van der Waals surface area contributed by atoms with E-state index in [1.165, 1.54) is 32.1 Å². The summed E-state index contributed by atoms with van der Waals surface area (Å²) in [5.41, 5.74) is 0. The van der Waals surface area contributed by atoms with Crippen molar-refractivity contribution in [1.29, 1.82) is 0 Å². The second-order valence-electron chi connectivity index (χ2n) is 6.51. The largest absolute Gasteiger partial charge is 0.356 e. The van der Waals surface area contributed by atoms with Gasteiger partial charge in [0.05, 0.1) is 0 Å². The number of amides is 1. The van der Waals surface area contributed by atoms with E-state index in [1.807, 2.05) is 0 Å². The van der Waals surface area contributed by atoms with Gasteiger partial charge in [0.15, 0.2) is 0 Å². The Bertz CT molecular complexity index is 227. The lowest BCUT2D eigenvalue weighted by atomic mass is 10.1. The van der Waals surface area contributed by atoms with Crippen molar-refractivity contribution in [2.75, 3.05) is 13.1 Å². The van der Waals surface area contributed by atoms with E-state index in [4.69, 9.17) is 0 Å². The Morgan fingerprint density at radius 2 is 1.50 bits per heavy atom. The Morgan fingerprint density at radius 3 is 2.15 bits per heavy atom. The van der Waals surface area contributed by atoms with Gasteiger partial charge in [-0.05, 0) is 38.1 Å². The van der Waals surface area contributed by atoms with Gasteiger partial charge in [-0.15, -0.1) is 0 Å². The maximum Gasteiger partial charge on any atom is 0.219 e. The standard InChI is InChI=1S/C17H36N2O/c1-15(2)11-10-14-19-17(20)12-8-6-5-7-9-13-18-16(3)4/h15-16,18H,5-14H2,1-4H3,(H,19,20). The number of rotatable bonds is 13. The molecule has 0 radical (unpaired) electrons. The van der Waals surface area contributed by atoms with Gasteiger partial charge in [-0.2, -0.15) is 0 Å². The fourth-order valence-corrected chi connectivity index (χ4v) is 2.16. The zero-order valence-electron chi connectivity index (χ0n) is 14.1. The highest BCUT2D eigenvalue weighted by Gasteiger charge is 2.01. The van der Waals surface area contributed by atoms with Crippen LogP contribution in [0.2, 0.25) is 0 Å². The summed E-state index contributed by atoms with van der Waals surface area (Å²) in [7, 11) is 0. The first-order chi connectivity index (χ1) is 9.52. The highest BCUT2D eigenvalue weighted by atomic mass is 16.1. The van der Waals surface area contributed by atoms with E-state index in [-0.39, 0.29) is 5.91 Å². The van der Waals surface area contributed by atoms with E-state index in [1.54, 1.807) is 0 Å². The molecule has 120 valence electrons. The number of nitrogens with one attached hydrogen (secondary N) is 2. The third-order valence-electron chi connectivity index (χ3n) is 3.41. The van der Waals surface area contributed by atoms with Crippen LogP contribution < -0.4 is 10.6 Å². The Kier molecular flexibility index (Phi) is 13.0. The van der Waals surface area contributed by atoms with Gasteiger partial charge < -0.3 is 10.6 Å². The molecule has 0 unspecified atom stereocenters. The average Bonchev–Trinajstić information content (AvgIpc) is 2.37. The van der Waals surface area contributed by atoms with Crippen LogP contribution in [-0.2, 0) is 4.79 Å². The molecule has 0 saturated heterocycles. The Labute approximate surface area is 126 Å². The molecule has 0 aliphatic heterocycles. The van der Waals surface area contributed by atoms with E-state index >= 15 is 0 Å². The van der Waals surface area contributed by atoms with E-state index in [2.05, 4.69) is 38.3 Å². The Morgan fingerprint density at radius 1 is 0.850 bits per heavy atom. The third-order valence-corrected chi connectivity index (χ3v) is 3.41. The van der Waals surface area contributed by atoms with E-state index < -0.39 is 0 Å². The zero-order valence-corrected chi connectivity index (χ0v) is 14.1. The topological polar surface area (TPSA) is 41.1 Å². The molecule has 3 nitrogen and oxygen atoms in total. The summed E-state index contributed by atoms with van der Waals surface area (Å²) < 4.78 is 0. The summed E-state index contributed by atoms with van der Waals surface area (Å²) in [5, 5.41) is 6.44. The van der Waals surface area contributed by atoms with Gasteiger partial charge >= 0.3 is 0 Å². The minimum absolute atomic E-state index is 0.232. The highest BCUT2D eigenvalue weighted by molar-refractivity contribution is 5.75. The molecule has 0 atom stereocenters. The lowest BCUT2D eigenvalue weighted by molar-refractivity contribution is -0.121. The number of hydrogen-bond donors (Lipinski definition) is 2. The zero-order chi connectivity index (χ0) is 15.2. The molecule has 0 aromatic heterocycles. The van der Waals surface area contributed by atoms with Crippen LogP contribution in [0.15, 0.2) is 0 Å². The molecule has 0 spiro atoms. The molecule has 2 N–H and O–H groups in total. The average molecular weight is 284 g/mol. The van der Waals surface area contributed by atoms with Gasteiger partial charge in [-0.25, -0.2) is 0 Å². The molecular formula is C17H36N2O. The van der Waals surface area contributed by atoms with Crippen LogP contribution >= 0.6 is 0 Å². The number of hydrogen-bond acceptors (Lipinski definition) is 2. The summed E-state index contributed by atoms with van der Waals surface area (Å²) >= 11 is 0. The predicted octanol–water partition coefficient (Wildman–Crippen LogP) is 3.88. The number of carbonyl (C=O) groups excluding carboxylic acids is 1. The predicted molar refractivity (Wildman–Crippen MR) is 87.9 cm³/mol. The minimum Gasteiger partial charge on any atom is -0.356 e. The van der Waals surface area contributed by atoms with Gasteiger partial charge in [0.25, 0.3) is 0 Å².